The van der Waals surface area contributed by atoms with Gasteiger partial charge in [0, 0.05) is 18.9 Å². The molecule has 4 heteroatoms. The van der Waals surface area contributed by atoms with Crippen LogP contribution in [0.25, 0.3) is 0 Å². The van der Waals surface area contributed by atoms with Crippen molar-refractivity contribution in [1.82, 2.24) is 4.57 Å². The number of nitrogens with zero attached hydrogens (tertiary/aromatic N) is 1. The van der Waals surface area contributed by atoms with Crippen molar-refractivity contribution in [2.45, 2.75) is 13.5 Å². The number of aryl methyl sites for hydroxylation is 1. The van der Waals surface area contributed by atoms with E-state index in [0.717, 1.165) is 6.54 Å². The minimum Gasteiger partial charge on any atom is -0.351 e. The summed E-state index contributed by atoms with van der Waals surface area (Å²) >= 11 is 11.2. The zero-order valence-electron chi connectivity index (χ0n) is 5.97. The van der Waals surface area contributed by atoms with Gasteiger partial charge in [0.05, 0.1) is 0 Å². The summed E-state index contributed by atoms with van der Waals surface area (Å²) in [5.74, 6) is 0. The van der Waals surface area contributed by atoms with E-state index in [1.165, 1.54) is 0 Å². The predicted octanol–water partition coefficient (Wildman–Crippen LogP) is 2.17. The molecule has 0 aliphatic rings. The van der Waals surface area contributed by atoms with Gasteiger partial charge in [0.1, 0.15) is 10.0 Å². The minimum absolute atomic E-state index is 0.166. The molecule has 0 amide bonds. The Morgan fingerprint density at radius 3 is 2.18 bits per heavy atom. The SMILES string of the molecule is CCn1cc(Cl)c(=O)c(Cl)c1. The predicted molar refractivity (Wildman–Crippen MR) is 46.4 cm³/mol. The van der Waals surface area contributed by atoms with Crippen molar-refractivity contribution in [1.29, 1.82) is 0 Å². The normalized spacial score (nSPS) is 10.1. The molecule has 0 fully saturated rings. The van der Waals surface area contributed by atoms with Crippen LogP contribution in [0.4, 0.5) is 0 Å². The number of hydrogen-bond acceptors (Lipinski definition) is 1. The molecule has 0 atom stereocenters. The number of pyridine rings is 1. The Bertz CT molecular complexity index is 292. The first-order valence-corrected chi connectivity index (χ1v) is 3.96. The highest BCUT2D eigenvalue weighted by Gasteiger charge is 2.01. The molecule has 0 saturated heterocycles. The maximum atomic E-state index is 11.0. The van der Waals surface area contributed by atoms with Crippen LogP contribution < -0.4 is 5.43 Å². The van der Waals surface area contributed by atoms with Gasteiger partial charge < -0.3 is 4.57 Å². The van der Waals surface area contributed by atoms with Gasteiger partial charge >= 0.3 is 0 Å². The Labute approximate surface area is 74.4 Å². The van der Waals surface area contributed by atoms with Crippen LogP contribution in [0.15, 0.2) is 17.2 Å². The summed E-state index contributed by atoms with van der Waals surface area (Å²) in [6.07, 6.45) is 3.13. The van der Waals surface area contributed by atoms with Crippen molar-refractivity contribution < 1.29 is 0 Å². The molecule has 60 valence electrons. The molecule has 0 aliphatic carbocycles. The molecule has 1 heterocycles. The average molecular weight is 192 g/mol. The van der Waals surface area contributed by atoms with E-state index in [1.54, 1.807) is 17.0 Å². The van der Waals surface area contributed by atoms with E-state index < -0.39 is 0 Å². The number of halogens is 2. The molecule has 1 aromatic heterocycles. The third kappa shape index (κ3) is 1.76. The molecule has 0 bridgehead atoms. The Morgan fingerprint density at radius 1 is 1.36 bits per heavy atom. The fourth-order valence-electron chi connectivity index (χ4n) is 0.742. The zero-order valence-corrected chi connectivity index (χ0v) is 7.49. The fraction of sp³-hybridized carbons (Fsp3) is 0.286. The van der Waals surface area contributed by atoms with Gasteiger partial charge in [-0.2, -0.15) is 0 Å². The lowest BCUT2D eigenvalue weighted by Gasteiger charge is -2.02. The first kappa shape index (κ1) is 8.62. The van der Waals surface area contributed by atoms with Crippen LogP contribution in [0.2, 0.25) is 10.0 Å². The van der Waals surface area contributed by atoms with E-state index in [1.807, 2.05) is 6.92 Å². The lowest BCUT2D eigenvalue weighted by molar-refractivity contribution is 0.754. The maximum Gasteiger partial charge on any atom is 0.218 e. The molecule has 0 aromatic carbocycles. The molecule has 1 rings (SSSR count). The second-order valence-electron chi connectivity index (χ2n) is 2.11. The molecular formula is C7H7Cl2NO. The largest absolute Gasteiger partial charge is 0.351 e. The van der Waals surface area contributed by atoms with Crippen molar-refractivity contribution in [3.63, 3.8) is 0 Å². The number of rotatable bonds is 1. The molecule has 0 saturated carbocycles. The van der Waals surface area contributed by atoms with Crippen molar-refractivity contribution in [3.05, 3.63) is 32.7 Å². The highest BCUT2D eigenvalue weighted by atomic mass is 35.5. The van der Waals surface area contributed by atoms with Crippen LogP contribution in [-0.2, 0) is 6.54 Å². The van der Waals surface area contributed by atoms with E-state index in [9.17, 15) is 4.79 Å². The molecule has 11 heavy (non-hydrogen) atoms. The van der Waals surface area contributed by atoms with E-state index in [4.69, 9.17) is 23.2 Å². The smallest absolute Gasteiger partial charge is 0.218 e. The quantitative estimate of drug-likeness (QED) is 0.668. The maximum absolute atomic E-state index is 11.0. The van der Waals surface area contributed by atoms with Crippen molar-refractivity contribution >= 4 is 23.2 Å². The fourth-order valence-corrected chi connectivity index (χ4v) is 1.25. The molecule has 2 nitrogen and oxygen atoms in total. The summed E-state index contributed by atoms with van der Waals surface area (Å²) in [6, 6.07) is 0. The van der Waals surface area contributed by atoms with Crippen LogP contribution in [0.5, 0.6) is 0 Å². The third-order valence-electron chi connectivity index (χ3n) is 1.36. The second-order valence-corrected chi connectivity index (χ2v) is 2.93. The van der Waals surface area contributed by atoms with Crippen molar-refractivity contribution in [3.8, 4) is 0 Å². The van der Waals surface area contributed by atoms with Crippen molar-refractivity contribution in [2.24, 2.45) is 0 Å². The van der Waals surface area contributed by atoms with Crippen LogP contribution in [-0.4, -0.2) is 4.57 Å². The minimum atomic E-state index is -0.307. The Balaban J connectivity index is 3.32. The molecule has 0 N–H and O–H groups in total. The highest BCUT2D eigenvalue weighted by molar-refractivity contribution is 6.34. The monoisotopic (exact) mass is 191 g/mol. The third-order valence-corrected chi connectivity index (χ3v) is 1.90. The summed E-state index contributed by atoms with van der Waals surface area (Å²) in [6.45, 7) is 2.69. The van der Waals surface area contributed by atoms with E-state index in [2.05, 4.69) is 0 Å². The first-order valence-electron chi connectivity index (χ1n) is 3.20. The standard InChI is InChI=1S/C7H7Cl2NO/c1-2-10-3-5(8)7(11)6(9)4-10/h3-4H,2H2,1H3. The summed E-state index contributed by atoms with van der Waals surface area (Å²) in [5.41, 5.74) is -0.307. The molecule has 0 unspecified atom stereocenters. The summed E-state index contributed by atoms with van der Waals surface area (Å²) in [7, 11) is 0. The van der Waals surface area contributed by atoms with Crippen LogP contribution in [0.1, 0.15) is 6.92 Å². The topological polar surface area (TPSA) is 22.0 Å². The van der Waals surface area contributed by atoms with Crippen LogP contribution in [0, 0.1) is 0 Å². The van der Waals surface area contributed by atoms with Gasteiger partial charge in [-0.25, -0.2) is 0 Å². The highest BCUT2D eigenvalue weighted by Crippen LogP contribution is 2.07. The van der Waals surface area contributed by atoms with Gasteiger partial charge in [0.2, 0.25) is 5.43 Å². The van der Waals surface area contributed by atoms with Gasteiger partial charge in [-0.1, -0.05) is 23.2 Å². The molecule has 1 aromatic rings. The van der Waals surface area contributed by atoms with Gasteiger partial charge in [0.15, 0.2) is 0 Å². The summed E-state index contributed by atoms with van der Waals surface area (Å²) in [5, 5.41) is 0.332. The second kappa shape index (κ2) is 3.28. The number of aromatic nitrogens is 1. The molecular weight excluding hydrogens is 185 g/mol. The Hall–Kier alpha value is -0.470. The van der Waals surface area contributed by atoms with Crippen LogP contribution >= 0.6 is 23.2 Å². The lowest BCUT2D eigenvalue weighted by atomic mass is 10.4. The zero-order chi connectivity index (χ0) is 8.43. The Morgan fingerprint density at radius 2 is 1.82 bits per heavy atom. The molecule has 0 radical (unpaired) electrons. The molecule has 0 aliphatic heterocycles. The van der Waals surface area contributed by atoms with Gasteiger partial charge in [0.25, 0.3) is 0 Å². The average Bonchev–Trinajstić information content (AvgIpc) is 1.99. The van der Waals surface area contributed by atoms with Gasteiger partial charge in [-0.15, -0.1) is 0 Å². The van der Waals surface area contributed by atoms with E-state index in [-0.39, 0.29) is 15.5 Å². The Kier molecular flexibility index (Phi) is 2.58. The lowest BCUT2D eigenvalue weighted by Crippen LogP contribution is -2.07. The summed E-state index contributed by atoms with van der Waals surface area (Å²) in [4.78, 5) is 11.0. The van der Waals surface area contributed by atoms with Gasteiger partial charge in [-0.05, 0) is 6.92 Å². The van der Waals surface area contributed by atoms with E-state index >= 15 is 0 Å². The number of hydrogen-bond donors (Lipinski definition) is 0. The molecule has 0 spiro atoms. The first-order chi connectivity index (χ1) is 5.15. The van der Waals surface area contributed by atoms with E-state index in [0.29, 0.717) is 0 Å². The van der Waals surface area contributed by atoms with Crippen molar-refractivity contribution in [2.75, 3.05) is 0 Å². The summed E-state index contributed by atoms with van der Waals surface area (Å²) < 4.78 is 1.76. The van der Waals surface area contributed by atoms with Gasteiger partial charge in [-0.3, -0.25) is 4.79 Å². The van der Waals surface area contributed by atoms with Crippen LogP contribution in [0.3, 0.4) is 0 Å².